The van der Waals surface area contributed by atoms with Crippen molar-refractivity contribution in [3.8, 4) is 0 Å². The van der Waals surface area contributed by atoms with Gasteiger partial charge in [0, 0.05) is 6.20 Å². The molecule has 0 atom stereocenters. The predicted octanol–water partition coefficient (Wildman–Crippen LogP) is 3.84. The van der Waals surface area contributed by atoms with Gasteiger partial charge in [-0.2, -0.15) is 0 Å². The zero-order valence-corrected chi connectivity index (χ0v) is 14.1. The van der Waals surface area contributed by atoms with Crippen LogP contribution in [0.25, 0.3) is 11.1 Å². The molecule has 0 spiro atoms. The number of aromatic nitrogens is 1. The quantitative estimate of drug-likeness (QED) is 0.859. The molecule has 0 saturated heterocycles. The van der Waals surface area contributed by atoms with Gasteiger partial charge in [0.1, 0.15) is 16.7 Å². The molecule has 1 amide bonds. The minimum absolute atomic E-state index is 0.0217. The molecule has 0 unspecified atom stereocenters. The number of hydrogen-bond donors (Lipinski definition) is 1. The maximum atomic E-state index is 12.1. The number of nitrogens with one attached hydrogen (secondary N) is 1. The summed E-state index contributed by atoms with van der Waals surface area (Å²) in [6, 6.07) is 1.85. The van der Waals surface area contributed by atoms with Gasteiger partial charge in [-0.1, -0.05) is 0 Å². The smallest absolute Gasteiger partial charge is 0.414 e. The Labute approximate surface area is 139 Å². The van der Waals surface area contributed by atoms with E-state index in [1.807, 2.05) is 6.07 Å². The molecular weight excluding hydrogens is 312 g/mol. The van der Waals surface area contributed by atoms with Crippen molar-refractivity contribution in [2.24, 2.45) is 0 Å². The normalized spacial score (nSPS) is 14.5. The fraction of sp³-hybridized carbons (Fsp3) is 0.471. The first-order valence-electron chi connectivity index (χ1n) is 7.79. The summed E-state index contributed by atoms with van der Waals surface area (Å²) in [5.74, 6) is -0.158. The highest BCUT2D eigenvalue weighted by atomic mass is 16.6. The van der Waals surface area contributed by atoms with Crippen LogP contribution in [0.15, 0.2) is 16.7 Å². The van der Waals surface area contributed by atoms with E-state index in [2.05, 4.69) is 10.3 Å². The monoisotopic (exact) mass is 332 g/mol. The molecule has 24 heavy (non-hydrogen) atoms. The maximum absolute atomic E-state index is 12.1. The standard InChI is InChI=1S/C17H20N2O5/c1-17(2,3)24-16(21)19-14-12(15(20)22-4)13-11(23-14)7-10(8-18-13)9-5-6-9/h7-9H,5-6H2,1-4H3,(H,19,21). The molecule has 128 valence electrons. The number of carbonyl (C=O) groups is 2. The molecule has 3 rings (SSSR count). The van der Waals surface area contributed by atoms with Crippen LogP contribution in [0.3, 0.4) is 0 Å². The SMILES string of the molecule is COC(=O)c1c(NC(=O)OC(C)(C)C)oc2cc(C3CC3)cnc12. The Morgan fingerprint density at radius 1 is 1.33 bits per heavy atom. The van der Waals surface area contributed by atoms with Crippen LogP contribution >= 0.6 is 0 Å². The van der Waals surface area contributed by atoms with E-state index in [4.69, 9.17) is 13.9 Å². The summed E-state index contributed by atoms with van der Waals surface area (Å²) in [4.78, 5) is 28.4. The summed E-state index contributed by atoms with van der Waals surface area (Å²) in [6.45, 7) is 5.24. The number of hydrogen-bond acceptors (Lipinski definition) is 6. The van der Waals surface area contributed by atoms with Gasteiger partial charge in [-0.05, 0) is 51.2 Å². The summed E-state index contributed by atoms with van der Waals surface area (Å²) in [6.07, 6.45) is 3.27. The van der Waals surface area contributed by atoms with Crippen molar-refractivity contribution in [1.29, 1.82) is 0 Å². The van der Waals surface area contributed by atoms with Gasteiger partial charge in [0.15, 0.2) is 5.58 Å². The Hall–Kier alpha value is -2.57. The number of methoxy groups -OCH3 is 1. The average molecular weight is 332 g/mol. The highest BCUT2D eigenvalue weighted by Gasteiger charge is 2.29. The van der Waals surface area contributed by atoms with Gasteiger partial charge in [0.25, 0.3) is 0 Å². The van der Waals surface area contributed by atoms with Crippen LogP contribution in [0.2, 0.25) is 0 Å². The summed E-state index contributed by atoms with van der Waals surface area (Å²) in [5.41, 5.74) is 1.28. The highest BCUT2D eigenvalue weighted by molar-refractivity contribution is 6.08. The van der Waals surface area contributed by atoms with E-state index in [-0.39, 0.29) is 11.4 Å². The van der Waals surface area contributed by atoms with Crippen molar-refractivity contribution < 1.29 is 23.5 Å². The first-order valence-corrected chi connectivity index (χ1v) is 7.79. The van der Waals surface area contributed by atoms with E-state index in [1.54, 1.807) is 27.0 Å². The van der Waals surface area contributed by atoms with E-state index in [9.17, 15) is 9.59 Å². The van der Waals surface area contributed by atoms with Crippen LogP contribution < -0.4 is 5.32 Å². The zero-order chi connectivity index (χ0) is 17.5. The van der Waals surface area contributed by atoms with Gasteiger partial charge in [0.05, 0.1) is 7.11 Å². The Balaban J connectivity index is 1.98. The molecule has 0 radical (unpaired) electrons. The average Bonchev–Trinajstić information content (AvgIpc) is 3.26. The third kappa shape index (κ3) is 3.34. The van der Waals surface area contributed by atoms with Gasteiger partial charge in [-0.25, -0.2) is 9.59 Å². The van der Waals surface area contributed by atoms with Crippen LogP contribution in [0.5, 0.6) is 0 Å². The molecule has 0 aromatic carbocycles. The largest absolute Gasteiger partial charge is 0.465 e. The molecule has 0 aliphatic heterocycles. The number of pyridine rings is 1. The van der Waals surface area contributed by atoms with E-state index >= 15 is 0 Å². The second kappa shape index (κ2) is 5.81. The van der Waals surface area contributed by atoms with Gasteiger partial charge < -0.3 is 13.9 Å². The van der Waals surface area contributed by atoms with Crippen molar-refractivity contribution in [2.75, 3.05) is 12.4 Å². The van der Waals surface area contributed by atoms with Crippen LogP contribution in [-0.4, -0.2) is 29.8 Å². The number of fused-ring (bicyclic) bond motifs is 1. The molecule has 7 heteroatoms. The van der Waals surface area contributed by atoms with Crippen LogP contribution in [-0.2, 0) is 9.47 Å². The maximum Gasteiger partial charge on any atom is 0.414 e. The first kappa shape index (κ1) is 16.3. The Morgan fingerprint density at radius 3 is 2.62 bits per heavy atom. The minimum atomic E-state index is -0.714. The number of nitrogens with zero attached hydrogens (tertiary/aromatic N) is 1. The lowest BCUT2D eigenvalue weighted by molar-refractivity contribution is 0.0603. The van der Waals surface area contributed by atoms with Gasteiger partial charge >= 0.3 is 12.1 Å². The van der Waals surface area contributed by atoms with Crippen LogP contribution in [0.1, 0.15) is 55.5 Å². The number of rotatable bonds is 3. The second-order valence-corrected chi connectivity index (χ2v) is 6.81. The third-order valence-corrected chi connectivity index (χ3v) is 3.60. The van der Waals surface area contributed by atoms with E-state index in [0.29, 0.717) is 17.0 Å². The van der Waals surface area contributed by atoms with Crippen molar-refractivity contribution in [2.45, 2.75) is 45.1 Å². The lowest BCUT2D eigenvalue weighted by Gasteiger charge is -2.19. The van der Waals surface area contributed by atoms with Crippen LogP contribution in [0.4, 0.5) is 10.7 Å². The second-order valence-electron chi connectivity index (χ2n) is 6.81. The molecule has 7 nitrogen and oxygen atoms in total. The number of amides is 1. The molecule has 2 aromatic heterocycles. The van der Waals surface area contributed by atoms with E-state index in [1.165, 1.54) is 7.11 Å². The predicted molar refractivity (Wildman–Crippen MR) is 87.2 cm³/mol. The zero-order valence-electron chi connectivity index (χ0n) is 14.1. The molecule has 2 aromatic rings. The molecule has 0 bridgehead atoms. The highest BCUT2D eigenvalue weighted by Crippen LogP contribution is 2.41. The Morgan fingerprint density at radius 2 is 2.04 bits per heavy atom. The van der Waals surface area contributed by atoms with Crippen molar-refractivity contribution in [3.05, 3.63) is 23.4 Å². The van der Waals surface area contributed by atoms with Gasteiger partial charge in [-0.15, -0.1) is 0 Å². The number of furan rings is 1. The van der Waals surface area contributed by atoms with Gasteiger partial charge in [0.2, 0.25) is 5.88 Å². The topological polar surface area (TPSA) is 90.7 Å². The number of esters is 1. The summed E-state index contributed by atoms with van der Waals surface area (Å²) >= 11 is 0. The van der Waals surface area contributed by atoms with E-state index in [0.717, 1.165) is 18.4 Å². The number of carbonyl (C=O) groups excluding carboxylic acids is 2. The van der Waals surface area contributed by atoms with Crippen molar-refractivity contribution in [1.82, 2.24) is 4.98 Å². The van der Waals surface area contributed by atoms with E-state index < -0.39 is 17.7 Å². The third-order valence-electron chi connectivity index (χ3n) is 3.60. The molecule has 1 saturated carbocycles. The molecule has 1 fully saturated rings. The van der Waals surface area contributed by atoms with Gasteiger partial charge in [-0.3, -0.25) is 10.3 Å². The molecule has 1 aliphatic carbocycles. The lowest BCUT2D eigenvalue weighted by atomic mass is 10.1. The first-order chi connectivity index (χ1) is 11.3. The Kier molecular flexibility index (Phi) is 3.95. The number of anilines is 1. The fourth-order valence-electron chi connectivity index (χ4n) is 2.41. The van der Waals surface area contributed by atoms with Crippen LogP contribution in [0, 0.1) is 0 Å². The molecular formula is C17H20N2O5. The lowest BCUT2D eigenvalue weighted by Crippen LogP contribution is -2.27. The minimum Gasteiger partial charge on any atom is -0.465 e. The number of ether oxygens (including phenoxy) is 2. The van der Waals surface area contributed by atoms with Crippen molar-refractivity contribution in [3.63, 3.8) is 0 Å². The summed E-state index contributed by atoms with van der Waals surface area (Å²) in [5, 5.41) is 2.47. The fourth-order valence-corrected chi connectivity index (χ4v) is 2.41. The summed E-state index contributed by atoms with van der Waals surface area (Å²) < 4.78 is 15.6. The molecule has 2 heterocycles. The molecule has 1 N–H and O–H groups in total. The molecule has 1 aliphatic rings. The van der Waals surface area contributed by atoms with Crippen molar-refractivity contribution >= 4 is 29.0 Å². The summed E-state index contributed by atoms with van der Waals surface area (Å²) in [7, 11) is 1.26. The Bertz CT molecular complexity index is 799.